The Hall–Kier alpha value is -2.50. The van der Waals surface area contributed by atoms with E-state index in [1.165, 1.54) is 0 Å². The number of benzene rings is 1. The summed E-state index contributed by atoms with van der Waals surface area (Å²) in [5.74, 6) is 0.941. The summed E-state index contributed by atoms with van der Waals surface area (Å²) >= 11 is 0. The smallest absolute Gasteiger partial charge is 0.143 e. The van der Waals surface area contributed by atoms with Crippen molar-refractivity contribution in [2.24, 2.45) is 17.9 Å². The molecule has 0 aliphatic rings. The second kappa shape index (κ2) is 5.90. The van der Waals surface area contributed by atoms with Gasteiger partial charge in [0.1, 0.15) is 18.2 Å². The number of aromatic nitrogens is 2. The topological polar surface area (TPSA) is 85.7 Å². The summed E-state index contributed by atoms with van der Waals surface area (Å²) in [5, 5.41) is 15.7. The highest BCUT2D eigenvalue weighted by Crippen LogP contribution is 2.14. The number of aryl methyl sites for hydroxylation is 1. The van der Waals surface area contributed by atoms with Crippen molar-refractivity contribution in [1.29, 1.82) is 0 Å². The Bertz CT molecular complexity index is 560. The zero-order valence-electron chi connectivity index (χ0n) is 10.7. The van der Waals surface area contributed by atoms with Gasteiger partial charge in [-0.25, -0.2) is 0 Å². The molecule has 1 heterocycles. The average Bonchev–Trinajstić information content (AvgIpc) is 2.83. The maximum absolute atomic E-state index is 8.49. The van der Waals surface area contributed by atoms with E-state index in [9.17, 15) is 0 Å². The molecule has 0 radical (unpaired) electrons. The number of nitrogens with zero attached hydrogens (tertiary/aromatic N) is 3. The Morgan fingerprint density at radius 2 is 2.11 bits per heavy atom. The normalized spacial score (nSPS) is 11.5. The molecule has 0 saturated carbocycles. The van der Waals surface area contributed by atoms with E-state index in [1.807, 2.05) is 43.6 Å². The van der Waals surface area contributed by atoms with Crippen LogP contribution < -0.4 is 10.5 Å². The van der Waals surface area contributed by atoms with Crippen molar-refractivity contribution < 1.29 is 9.94 Å². The monoisotopic (exact) mass is 260 g/mol. The van der Waals surface area contributed by atoms with Gasteiger partial charge in [0.05, 0.1) is 5.69 Å². The third-order valence-electron chi connectivity index (χ3n) is 2.59. The first kappa shape index (κ1) is 12.9. The van der Waals surface area contributed by atoms with Crippen molar-refractivity contribution in [3.8, 4) is 5.75 Å². The van der Waals surface area contributed by atoms with Crippen LogP contribution in [0.1, 0.15) is 11.3 Å². The third kappa shape index (κ3) is 3.74. The summed E-state index contributed by atoms with van der Waals surface area (Å²) in [4.78, 5) is 0. The Labute approximate surface area is 111 Å². The predicted octanol–water partition coefficient (Wildman–Crippen LogP) is 1.29. The fourth-order valence-corrected chi connectivity index (χ4v) is 1.65. The van der Waals surface area contributed by atoms with Crippen LogP contribution in [-0.2, 0) is 20.1 Å². The number of hydrogen-bond acceptors (Lipinski definition) is 4. The molecule has 6 heteroatoms. The van der Waals surface area contributed by atoms with E-state index in [1.54, 1.807) is 4.68 Å². The van der Waals surface area contributed by atoms with Gasteiger partial charge in [0.25, 0.3) is 0 Å². The first-order chi connectivity index (χ1) is 9.17. The molecule has 0 fully saturated rings. The van der Waals surface area contributed by atoms with Gasteiger partial charge in [0.15, 0.2) is 0 Å². The summed E-state index contributed by atoms with van der Waals surface area (Å²) in [6.45, 7) is 0.431. The molecule has 0 amide bonds. The number of amidine groups is 1. The van der Waals surface area contributed by atoms with E-state index < -0.39 is 0 Å². The minimum absolute atomic E-state index is 0.183. The van der Waals surface area contributed by atoms with Gasteiger partial charge in [-0.2, -0.15) is 5.10 Å². The van der Waals surface area contributed by atoms with Gasteiger partial charge >= 0.3 is 0 Å². The maximum Gasteiger partial charge on any atom is 0.143 e. The Morgan fingerprint density at radius 1 is 1.37 bits per heavy atom. The van der Waals surface area contributed by atoms with Crippen LogP contribution >= 0.6 is 0 Å². The molecular formula is C13H16N4O2. The predicted molar refractivity (Wildman–Crippen MR) is 71.1 cm³/mol. The summed E-state index contributed by atoms with van der Waals surface area (Å²) < 4.78 is 7.34. The minimum atomic E-state index is 0.183. The van der Waals surface area contributed by atoms with Crippen LogP contribution in [0.3, 0.4) is 0 Å². The van der Waals surface area contributed by atoms with Crippen molar-refractivity contribution in [1.82, 2.24) is 9.78 Å². The molecule has 3 N–H and O–H groups in total. The Morgan fingerprint density at radius 3 is 2.68 bits per heavy atom. The number of rotatable bonds is 5. The van der Waals surface area contributed by atoms with E-state index in [4.69, 9.17) is 15.7 Å². The summed E-state index contributed by atoms with van der Waals surface area (Å²) in [5.41, 5.74) is 7.27. The van der Waals surface area contributed by atoms with E-state index >= 15 is 0 Å². The molecule has 0 unspecified atom stereocenters. The van der Waals surface area contributed by atoms with Gasteiger partial charge in [-0.05, 0) is 23.8 Å². The molecule has 2 rings (SSSR count). The molecule has 19 heavy (non-hydrogen) atoms. The summed E-state index contributed by atoms with van der Waals surface area (Å²) in [6.07, 6.45) is 2.29. The molecular weight excluding hydrogens is 244 g/mol. The quantitative estimate of drug-likeness (QED) is 0.367. The molecule has 0 atom stereocenters. The lowest BCUT2D eigenvalue weighted by atomic mass is 10.1. The van der Waals surface area contributed by atoms with Crippen LogP contribution in [0.5, 0.6) is 5.75 Å². The molecule has 6 nitrogen and oxygen atoms in total. The number of ether oxygens (including phenoxy) is 1. The van der Waals surface area contributed by atoms with Crippen LogP contribution in [0.4, 0.5) is 0 Å². The highest BCUT2D eigenvalue weighted by atomic mass is 16.5. The van der Waals surface area contributed by atoms with E-state index in [0.717, 1.165) is 17.0 Å². The fraction of sp³-hybridized carbons (Fsp3) is 0.231. The van der Waals surface area contributed by atoms with Crippen molar-refractivity contribution >= 4 is 5.84 Å². The lowest BCUT2D eigenvalue weighted by Gasteiger charge is -2.05. The molecule has 0 spiro atoms. The van der Waals surface area contributed by atoms with Crippen LogP contribution in [-0.4, -0.2) is 20.8 Å². The SMILES string of the molecule is Cn1ccc(COc2ccc(C/C(N)=N/O)cc2)n1. The van der Waals surface area contributed by atoms with E-state index in [-0.39, 0.29) is 5.84 Å². The lowest BCUT2D eigenvalue weighted by molar-refractivity contribution is 0.300. The first-order valence-corrected chi connectivity index (χ1v) is 5.84. The molecule has 0 aliphatic carbocycles. The van der Waals surface area contributed by atoms with Crippen molar-refractivity contribution in [2.75, 3.05) is 0 Å². The van der Waals surface area contributed by atoms with Gasteiger partial charge in [-0.15, -0.1) is 0 Å². The zero-order chi connectivity index (χ0) is 13.7. The second-order valence-corrected chi connectivity index (χ2v) is 4.18. The summed E-state index contributed by atoms with van der Waals surface area (Å²) in [6, 6.07) is 9.37. The number of hydrogen-bond donors (Lipinski definition) is 2. The molecule has 0 aliphatic heterocycles. The average molecular weight is 260 g/mol. The van der Waals surface area contributed by atoms with Crippen LogP contribution in [0.2, 0.25) is 0 Å². The fourth-order valence-electron chi connectivity index (χ4n) is 1.65. The maximum atomic E-state index is 8.49. The molecule has 2 aromatic rings. The minimum Gasteiger partial charge on any atom is -0.487 e. The van der Waals surface area contributed by atoms with Crippen LogP contribution in [0.15, 0.2) is 41.7 Å². The number of nitrogens with two attached hydrogens (primary N) is 1. The standard InChI is InChI=1S/C13H16N4O2/c1-17-7-6-11(15-17)9-19-12-4-2-10(3-5-12)8-13(14)16-18/h2-7,18H,8-9H2,1H3,(H2,14,16). The van der Waals surface area contributed by atoms with Crippen molar-refractivity contribution in [2.45, 2.75) is 13.0 Å². The van der Waals surface area contributed by atoms with Gasteiger partial charge in [-0.3, -0.25) is 4.68 Å². The second-order valence-electron chi connectivity index (χ2n) is 4.18. The van der Waals surface area contributed by atoms with Gasteiger partial charge in [0, 0.05) is 19.7 Å². The third-order valence-corrected chi connectivity index (χ3v) is 2.59. The molecule has 0 saturated heterocycles. The molecule has 1 aromatic heterocycles. The van der Waals surface area contributed by atoms with Crippen LogP contribution in [0.25, 0.3) is 0 Å². The molecule has 0 bridgehead atoms. The van der Waals surface area contributed by atoms with Crippen LogP contribution in [0, 0.1) is 0 Å². The first-order valence-electron chi connectivity index (χ1n) is 5.84. The Balaban J connectivity index is 1.91. The lowest BCUT2D eigenvalue weighted by Crippen LogP contribution is -2.14. The number of oxime groups is 1. The molecule has 1 aromatic carbocycles. The zero-order valence-corrected chi connectivity index (χ0v) is 10.7. The van der Waals surface area contributed by atoms with E-state index in [0.29, 0.717) is 13.0 Å². The Kier molecular flexibility index (Phi) is 4.02. The molecule has 100 valence electrons. The van der Waals surface area contributed by atoms with Crippen molar-refractivity contribution in [3.63, 3.8) is 0 Å². The largest absolute Gasteiger partial charge is 0.487 e. The van der Waals surface area contributed by atoms with Crippen molar-refractivity contribution in [3.05, 3.63) is 47.8 Å². The summed E-state index contributed by atoms with van der Waals surface area (Å²) in [7, 11) is 1.87. The van der Waals surface area contributed by atoms with Gasteiger partial charge in [-0.1, -0.05) is 17.3 Å². The highest BCUT2D eigenvalue weighted by Gasteiger charge is 2.01. The van der Waals surface area contributed by atoms with E-state index in [2.05, 4.69) is 10.3 Å². The van der Waals surface area contributed by atoms with Gasteiger partial charge in [0.2, 0.25) is 0 Å². The highest BCUT2D eigenvalue weighted by molar-refractivity contribution is 5.82. The van der Waals surface area contributed by atoms with Gasteiger partial charge < -0.3 is 15.7 Å².